The van der Waals surface area contributed by atoms with Crippen molar-refractivity contribution in [2.45, 2.75) is 25.4 Å². The van der Waals surface area contributed by atoms with E-state index in [0.717, 1.165) is 38.5 Å². The Hall–Kier alpha value is -2.26. The van der Waals surface area contributed by atoms with Crippen molar-refractivity contribution in [2.75, 3.05) is 37.8 Å². The first-order valence-electron chi connectivity index (χ1n) is 8.41. The third-order valence-electron chi connectivity index (χ3n) is 4.74. The van der Waals surface area contributed by atoms with Crippen LogP contribution >= 0.6 is 0 Å². The summed E-state index contributed by atoms with van der Waals surface area (Å²) < 4.78 is 11.3. The molecule has 0 radical (unpaired) electrons. The number of benzene rings is 1. The molecular formula is C16H21N3O6. The van der Waals surface area contributed by atoms with Crippen LogP contribution in [-0.2, 0) is 9.47 Å². The van der Waals surface area contributed by atoms with Gasteiger partial charge >= 0.3 is 0 Å². The molecule has 136 valence electrons. The van der Waals surface area contributed by atoms with Gasteiger partial charge in [-0.3, -0.25) is 20.2 Å². The number of piperidine rings is 1. The maximum absolute atomic E-state index is 11.3. The summed E-state index contributed by atoms with van der Waals surface area (Å²) in [6, 6.07) is 3.80. The molecule has 2 aliphatic heterocycles. The number of ether oxygens (including phenoxy) is 2. The van der Waals surface area contributed by atoms with E-state index in [2.05, 4.69) is 0 Å². The van der Waals surface area contributed by atoms with Gasteiger partial charge in [-0.05, 0) is 25.3 Å². The summed E-state index contributed by atoms with van der Waals surface area (Å²) in [5.74, 6) is 0.466. The lowest BCUT2D eigenvalue weighted by molar-refractivity contribution is -0.393. The van der Waals surface area contributed by atoms with Crippen LogP contribution < -0.4 is 4.90 Å². The summed E-state index contributed by atoms with van der Waals surface area (Å²) in [6.07, 6.45) is 2.74. The second-order valence-electron chi connectivity index (χ2n) is 6.44. The molecule has 9 nitrogen and oxygen atoms in total. The maximum atomic E-state index is 11.3. The summed E-state index contributed by atoms with van der Waals surface area (Å²) in [4.78, 5) is 22.8. The van der Waals surface area contributed by atoms with E-state index in [1.807, 2.05) is 4.90 Å². The Kier molecular flexibility index (Phi) is 5.44. The van der Waals surface area contributed by atoms with Crippen LogP contribution in [0, 0.1) is 26.1 Å². The fraction of sp³-hybridized carbons (Fsp3) is 0.625. The van der Waals surface area contributed by atoms with Crippen LogP contribution in [-0.4, -0.2) is 48.9 Å². The number of anilines is 1. The highest BCUT2D eigenvalue weighted by Gasteiger charge is 2.28. The van der Waals surface area contributed by atoms with Crippen molar-refractivity contribution >= 4 is 17.1 Å². The number of hydrogen-bond acceptors (Lipinski definition) is 7. The molecule has 25 heavy (non-hydrogen) atoms. The number of hydrogen-bond donors (Lipinski definition) is 0. The highest BCUT2D eigenvalue weighted by Crippen LogP contribution is 2.34. The second kappa shape index (κ2) is 7.75. The van der Waals surface area contributed by atoms with E-state index in [0.29, 0.717) is 31.3 Å². The average molecular weight is 351 g/mol. The van der Waals surface area contributed by atoms with Crippen molar-refractivity contribution in [1.29, 1.82) is 0 Å². The van der Waals surface area contributed by atoms with Crippen LogP contribution in [0.4, 0.5) is 17.1 Å². The first kappa shape index (κ1) is 17.6. The largest absolute Gasteiger partial charge is 0.381 e. The van der Waals surface area contributed by atoms with Gasteiger partial charge in [-0.2, -0.15) is 0 Å². The lowest BCUT2D eigenvalue weighted by Crippen LogP contribution is -2.38. The van der Waals surface area contributed by atoms with E-state index in [1.165, 1.54) is 12.1 Å². The number of nitro groups is 2. The quantitative estimate of drug-likeness (QED) is 0.572. The highest BCUT2D eigenvalue weighted by molar-refractivity contribution is 5.67. The minimum absolute atomic E-state index is 0.147. The molecule has 1 aromatic rings. The Balaban J connectivity index is 1.60. The van der Waals surface area contributed by atoms with Crippen molar-refractivity contribution in [3.05, 3.63) is 38.4 Å². The van der Waals surface area contributed by atoms with Gasteiger partial charge in [0.15, 0.2) is 0 Å². The Bertz CT molecular complexity index is 639. The maximum Gasteiger partial charge on any atom is 0.299 e. The molecule has 0 aromatic heterocycles. The second-order valence-corrected chi connectivity index (χ2v) is 6.44. The summed E-state index contributed by atoms with van der Waals surface area (Å²) in [5.41, 5.74) is -0.0673. The van der Waals surface area contributed by atoms with Gasteiger partial charge in [-0.15, -0.1) is 0 Å². The van der Waals surface area contributed by atoms with Crippen LogP contribution in [0.3, 0.4) is 0 Å². The molecule has 0 N–H and O–H groups in total. The SMILES string of the molecule is O=[N+]([O-])c1ccc(N2CCC(OCC3CCOC3)CC2)c([N+](=O)[O-])c1. The van der Waals surface area contributed by atoms with Crippen molar-refractivity contribution in [3.8, 4) is 0 Å². The van der Waals surface area contributed by atoms with Crippen molar-refractivity contribution in [3.63, 3.8) is 0 Å². The topological polar surface area (TPSA) is 108 Å². The lowest BCUT2D eigenvalue weighted by Gasteiger charge is -2.33. The highest BCUT2D eigenvalue weighted by atomic mass is 16.6. The minimum Gasteiger partial charge on any atom is -0.381 e. The molecule has 0 bridgehead atoms. The normalized spacial score (nSPS) is 21.4. The fourth-order valence-electron chi connectivity index (χ4n) is 3.29. The standard InChI is InChI=1S/C16H21N3O6/c20-18(21)13-1-2-15(16(9-13)19(22)23)17-6-3-14(4-7-17)25-11-12-5-8-24-10-12/h1-2,9,12,14H,3-8,10-11H2. The molecule has 0 saturated carbocycles. The summed E-state index contributed by atoms with van der Waals surface area (Å²) >= 11 is 0. The van der Waals surface area contributed by atoms with Gasteiger partial charge in [0.1, 0.15) is 5.69 Å². The fourth-order valence-corrected chi connectivity index (χ4v) is 3.29. The van der Waals surface area contributed by atoms with E-state index in [4.69, 9.17) is 9.47 Å². The summed E-state index contributed by atoms with van der Waals surface area (Å²) in [7, 11) is 0. The summed E-state index contributed by atoms with van der Waals surface area (Å²) in [6.45, 7) is 3.52. The third kappa shape index (κ3) is 4.23. The predicted molar refractivity (Wildman–Crippen MR) is 89.9 cm³/mol. The van der Waals surface area contributed by atoms with Crippen LogP contribution in [0.15, 0.2) is 18.2 Å². The van der Waals surface area contributed by atoms with Gasteiger partial charge < -0.3 is 14.4 Å². The summed E-state index contributed by atoms with van der Waals surface area (Å²) in [5, 5.41) is 22.1. The first-order chi connectivity index (χ1) is 12.0. The van der Waals surface area contributed by atoms with Crippen LogP contribution in [0.25, 0.3) is 0 Å². The molecule has 2 heterocycles. The molecule has 1 aromatic carbocycles. The van der Waals surface area contributed by atoms with Gasteiger partial charge in [0.25, 0.3) is 11.4 Å². The van der Waals surface area contributed by atoms with Crippen molar-refractivity contribution in [2.24, 2.45) is 5.92 Å². The van der Waals surface area contributed by atoms with Crippen LogP contribution in [0.2, 0.25) is 0 Å². The third-order valence-corrected chi connectivity index (χ3v) is 4.74. The minimum atomic E-state index is -0.621. The average Bonchev–Trinajstić information content (AvgIpc) is 3.13. The zero-order valence-corrected chi connectivity index (χ0v) is 13.8. The van der Waals surface area contributed by atoms with E-state index in [1.54, 1.807) is 0 Å². The van der Waals surface area contributed by atoms with E-state index in [-0.39, 0.29) is 17.5 Å². The van der Waals surface area contributed by atoms with E-state index >= 15 is 0 Å². The van der Waals surface area contributed by atoms with Gasteiger partial charge in [-0.25, -0.2) is 0 Å². The lowest BCUT2D eigenvalue weighted by atomic mass is 10.1. The Morgan fingerprint density at radius 2 is 1.92 bits per heavy atom. The van der Waals surface area contributed by atoms with E-state index < -0.39 is 9.85 Å². The van der Waals surface area contributed by atoms with Gasteiger partial charge in [-0.1, -0.05) is 0 Å². The van der Waals surface area contributed by atoms with Crippen molar-refractivity contribution in [1.82, 2.24) is 0 Å². The Morgan fingerprint density at radius 3 is 2.52 bits per heavy atom. The zero-order chi connectivity index (χ0) is 17.8. The molecule has 0 aliphatic carbocycles. The molecular weight excluding hydrogens is 330 g/mol. The smallest absolute Gasteiger partial charge is 0.299 e. The molecule has 0 spiro atoms. The number of rotatable bonds is 6. The molecule has 1 unspecified atom stereocenters. The Labute approximate surface area is 144 Å². The monoisotopic (exact) mass is 351 g/mol. The molecule has 3 rings (SSSR count). The Morgan fingerprint density at radius 1 is 1.16 bits per heavy atom. The van der Waals surface area contributed by atoms with Crippen LogP contribution in [0.5, 0.6) is 0 Å². The van der Waals surface area contributed by atoms with Crippen molar-refractivity contribution < 1.29 is 19.3 Å². The molecule has 2 fully saturated rings. The van der Waals surface area contributed by atoms with Gasteiger partial charge in [0.2, 0.25) is 0 Å². The van der Waals surface area contributed by atoms with Gasteiger partial charge in [0, 0.05) is 31.7 Å². The number of nitro benzene ring substituents is 2. The molecule has 2 saturated heterocycles. The zero-order valence-electron chi connectivity index (χ0n) is 13.8. The molecule has 0 amide bonds. The number of nitrogens with zero attached hydrogens (tertiary/aromatic N) is 3. The van der Waals surface area contributed by atoms with Crippen LogP contribution in [0.1, 0.15) is 19.3 Å². The first-order valence-corrected chi connectivity index (χ1v) is 8.41. The predicted octanol–water partition coefficient (Wildman–Crippen LogP) is 2.52. The van der Waals surface area contributed by atoms with Gasteiger partial charge in [0.05, 0.1) is 35.2 Å². The molecule has 2 aliphatic rings. The van der Waals surface area contributed by atoms with E-state index in [9.17, 15) is 20.2 Å². The molecule has 1 atom stereocenters. The number of non-ortho nitro benzene ring substituents is 1. The molecule has 9 heteroatoms.